The highest BCUT2D eigenvalue weighted by Crippen LogP contribution is 2.44. The van der Waals surface area contributed by atoms with Crippen molar-refractivity contribution in [3.63, 3.8) is 0 Å². The smallest absolute Gasteiger partial charge is 0.0703 e. The van der Waals surface area contributed by atoms with Crippen molar-refractivity contribution in [2.24, 2.45) is 5.41 Å². The third kappa shape index (κ3) is 2.83. The lowest BCUT2D eigenvalue weighted by atomic mass is 9.85. The number of aromatic nitrogens is 1. The molecule has 1 fully saturated rings. The molecule has 1 aliphatic carbocycles. The molecule has 90 valence electrons. The molecule has 0 spiro atoms. The molecule has 1 heterocycles. The zero-order chi connectivity index (χ0) is 12.4. The average molecular weight is 229 g/mol. The molecule has 3 nitrogen and oxygen atoms in total. The van der Waals surface area contributed by atoms with E-state index in [1.54, 1.807) is 0 Å². The minimum Gasteiger partial charge on any atom is -0.314 e. The zero-order valence-corrected chi connectivity index (χ0v) is 10.5. The van der Waals surface area contributed by atoms with Crippen LogP contribution in [0.4, 0.5) is 0 Å². The Morgan fingerprint density at radius 1 is 1.41 bits per heavy atom. The summed E-state index contributed by atoms with van der Waals surface area (Å²) in [7, 11) is 0. The standard InChI is InChI=1S/C14H19N3/c1-13(2,12-3-7-16-8-4-12)10-17-11-14(9-15)5-6-14/h3-4,7-8,17H,5-6,10-11H2,1-2H3. The Morgan fingerprint density at radius 2 is 2.06 bits per heavy atom. The van der Waals surface area contributed by atoms with Gasteiger partial charge < -0.3 is 5.32 Å². The first-order chi connectivity index (χ1) is 8.08. The summed E-state index contributed by atoms with van der Waals surface area (Å²) in [4.78, 5) is 4.04. The predicted molar refractivity (Wildman–Crippen MR) is 67.4 cm³/mol. The number of hydrogen-bond donors (Lipinski definition) is 1. The third-order valence-electron chi connectivity index (χ3n) is 3.58. The summed E-state index contributed by atoms with van der Waals surface area (Å²) in [6.45, 7) is 6.13. The lowest BCUT2D eigenvalue weighted by Crippen LogP contribution is -2.35. The van der Waals surface area contributed by atoms with E-state index in [9.17, 15) is 0 Å². The van der Waals surface area contributed by atoms with Crippen LogP contribution in [0.3, 0.4) is 0 Å². The maximum atomic E-state index is 9.00. The minimum absolute atomic E-state index is 0.0612. The quantitative estimate of drug-likeness (QED) is 0.842. The highest BCUT2D eigenvalue weighted by Gasteiger charge is 2.42. The molecule has 1 saturated carbocycles. The van der Waals surface area contributed by atoms with Crippen molar-refractivity contribution >= 4 is 0 Å². The monoisotopic (exact) mass is 229 g/mol. The van der Waals surface area contributed by atoms with Crippen LogP contribution in [0.5, 0.6) is 0 Å². The van der Waals surface area contributed by atoms with Crippen LogP contribution in [0.15, 0.2) is 24.5 Å². The molecule has 0 saturated heterocycles. The first kappa shape index (κ1) is 12.1. The highest BCUT2D eigenvalue weighted by molar-refractivity contribution is 5.21. The van der Waals surface area contributed by atoms with Crippen LogP contribution < -0.4 is 5.32 Å². The first-order valence-electron chi connectivity index (χ1n) is 6.11. The van der Waals surface area contributed by atoms with Gasteiger partial charge in [0.2, 0.25) is 0 Å². The molecule has 2 rings (SSSR count). The summed E-state index contributed by atoms with van der Waals surface area (Å²) in [5, 5.41) is 12.4. The number of nitrogens with one attached hydrogen (secondary N) is 1. The van der Waals surface area contributed by atoms with Crippen molar-refractivity contribution < 1.29 is 0 Å². The Balaban J connectivity index is 1.88. The molecule has 1 aromatic rings. The number of rotatable bonds is 5. The molecule has 1 N–H and O–H groups in total. The molecule has 0 bridgehead atoms. The zero-order valence-electron chi connectivity index (χ0n) is 10.5. The van der Waals surface area contributed by atoms with Gasteiger partial charge in [-0.25, -0.2) is 0 Å². The van der Waals surface area contributed by atoms with E-state index < -0.39 is 0 Å². The highest BCUT2D eigenvalue weighted by atomic mass is 14.9. The molecule has 0 unspecified atom stereocenters. The van der Waals surface area contributed by atoms with Gasteiger partial charge in [0.25, 0.3) is 0 Å². The van der Waals surface area contributed by atoms with E-state index >= 15 is 0 Å². The summed E-state index contributed by atoms with van der Waals surface area (Å²) in [5.41, 5.74) is 1.30. The number of pyridine rings is 1. The normalized spacial score (nSPS) is 17.5. The molecular formula is C14H19N3. The molecule has 0 amide bonds. The van der Waals surface area contributed by atoms with Gasteiger partial charge in [-0.2, -0.15) is 5.26 Å². The van der Waals surface area contributed by atoms with Crippen molar-refractivity contribution in [1.29, 1.82) is 5.26 Å². The van der Waals surface area contributed by atoms with E-state index in [1.807, 2.05) is 12.4 Å². The second kappa shape index (κ2) is 4.46. The second-order valence-corrected chi connectivity index (χ2v) is 5.62. The molecule has 1 aliphatic rings. The Kier molecular flexibility index (Phi) is 3.17. The predicted octanol–water partition coefficient (Wildman–Crippen LogP) is 2.25. The van der Waals surface area contributed by atoms with Gasteiger partial charge in [0.15, 0.2) is 0 Å². The van der Waals surface area contributed by atoms with Crippen LogP contribution in [0.25, 0.3) is 0 Å². The SMILES string of the molecule is CC(C)(CNCC1(C#N)CC1)c1ccncc1. The van der Waals surface area contributed by atoms with Crippen LogP contribution in [0, 0.1) is 16.7 Å². The van der Waals surface area contributed by atoms with Crippen molar-refractivity contribution in [3.05, 3.63) is 30.1 Å². The minimum atomic E-state index is -0.0612. The summed E-state index contributed by atoms with van der Waals surface area (Å²) in [6.07, 6.45) is 5.75. The molecule has 1 aromatic heterocycles. The summed E-state index contributed by atoms with van der Waals surface area (Å²) < 4.78 is 0. The van der Waals surface area contributed by atoms with E-state index in [4.69, 9.17) is 5.26 Å². The molecule has 0 aliphatic heterocycles. The van der Waals surface area contributed by atoms with E-state index in [1.165, 1.54) is 5.56 Å². The average Bonchev–Trinajstić information content (AvgIpc) is 3.11. The summed E-state index contributed by atoms with van der Waals surface area (Å²) in [6, 6.07) is 6.51. The van der Waals surface area contributed by atoms with E-state index in [0.29, 0.717) is 0 Å². The van der Waals surface area contributed by atoms with E-state index in [2.05, 4.69) is 42.4 Å². The fraction of sp³-hybridized carbons (Fsp3) is 0.571. The van der Waals surface area contributed by atoms with Crippen LogP contribution >= 0.6 is 0 Å². The van der Waals surface area contributed by atoms with Gasteiger partial charge in [-0.3, -0.25) is 4.98 Å². The Morgan fingerprint density at radius 3 is 2.59 bits per heavy atom. The largest absolute Gasteiger partial charge is 0.314 e. The van der Waals surface area contributed by atoms with Crippen LogP contribution in [0.1, 0.15) is 32.3 Å². The molecule has 0 radical (unpaired) electrons. The van der Waals surface area contributed by atoms with Gasteiger partial charge in [-0.15, -0.1) is 0 Å². The van der Waals surface area contributed by atoms with Gasteiger partial charge >= 0.3 is 0 Å². The van der Waals surface area contributed by atoms with Crippen LogP contribution in [0.2, 0.25) is 0 Å². The molecule has 17 heavy (non-hydrogen) atoms. The lowest BCUT2D eigenvalue weighted by Gasteiger charge is -2.26. The van der Waals surface area contributed by atoms with Gasteiger partial charge in [-0.1, -0.05) is 13.8 Å². The second-order valence-electron chi connectivity index (χ2n) is 5.62. The van der Waals surface area contributed by atoms with Crippen molar-refractivity contribution in [2.45, 2.75) is 32.1 Å². The van der Waals surface area contributed by atoms with E-state index in [-0.39, 0.29) is 10.8 Å². The van der Waals surface area contributed by atoms with E-state index in [0.717, 1.165) is 25.9 Å². The number of nitrogens with zero attached hydrogens (tertiary/aromatic N) is 2. The van der Waals surface area contributed by atoms with Crippen molar-refractivity contribution in [2.75, 3.05) is 13.1 Å². The van der Waals surface area contributed by atoms with Crippen molar-refractivity contribution in [1.82, 2.24) is 10.3 Å². The van der Waals surface area contributed by atoms with Gasteiger partial charge in [0, 0.05) is 30.9 Å². The topological polar surface area (TPSA) is 48.7 Å². The van der Waals surface area contributed by atoms with Crippen LogP contribution in [-0.4, -0.2) is 18.1 Å². The molecule has 0 atom stereocenters. The molecular weight excluding hydrogens is 210 g/mol. The maximum Gasteiger partial charge on any atom is 0.0703 e. The Hall–Kier alpha value is -1.40. The molecule has 0 aromatic carbocycles. The lowest BCUT2D eigenvalue weighted by molar-refractivity contribution is 0.443. The Labute approximate surface area is 103 Å². The Bertz CT molecular complexity index is 413. The fourth-order valence-electron chi connectivity index (χ4n) is 2.00. The van der Waals surface area contributed by atoms with Gasteiger partial charge in [-0.05, 0) is 30.5 Å². The summed E-state index contributed by atoms with van der Waals surface area (Å²) >= 11 is 0. The third-order valence-corrected chi connectivity index (χ3v) is 3.58. The van der Waals surface area contributed by atoms with Gasteiger partial charge in [0.05, 0.1) is 11.5 Å². The number of nitriles is 1. The molecule has 3 heteroatoms. The van der Waals surface area contributed by atoms with Crippen molar-refractivity contribution in [3.8, 4) is 6.07 Å². The van der Waals surface area contributed by atoms with Gasteiger partial charge in [0.1, 0.15) is 0 Å². The number of hydrogen-bond acceptors (Lipinski definition) is 3. The fourth-order valence-corrected chi connectivity index (χ4v) is 2.00. The summed E-state index contributed by atoms with van der Waals surface area (Å²) in [5.74, 6) is 0. The first-order valence-corrected chi connectivity index (χ1v) is 6.11. The maximum absolute atomic E-state index is 9.00. The van der Waals surface area contributed by atoms with Crippen LogP contribution in [-0.2, 0) is 5.41 Å².